The number of carbonyl (C=O) groups is 1. The molecule has 27 heavy (non-hydrogen) atoms. The van der Waals surface area contributed by atoms with Crippen LogP contribution in [0, 0.1) is 6.92 Å². The van der Waals surface area contributed by atoms with Gasteiger partial charge in [-0.05, 0) is 51.6 Å². The smallest absolute Gasteiger partial charge is 0.252 e. The molecule has 0 spiro atoms. The number of hydrogen-bond donors (Lipinski definition) is 2. The second kappa shape index (κ2) is 9.01. The number of aromatic amines is 1. The van der Waals surface area contributed by atoms with Gasteiger partial charge in [-0.2, -0.15) is 5.10 Å². The van der Waals surface area contributed by atoms with E-state index in [1.807, 2.05) is 56.4 Å². The van der Waals surface area contributed by atoms with Crippen molar-refractivity contribution in [1.29, 1.82) is 0 Å². The Morgan fingerprint density at radius 3 is 2.81 bits per heavy atom. The molecule has 1 amide bonds. The fourth-order valence-corrected chi connectivity index (χ4v) is 3.54. The number of aryl methyl sites for hydroxylation is 1. The second-order valence-electron chi connectivity index (χ2n) is 7.16. The zero-order valence-electron chi connectivity index (χ0n) is 16.4. The molecule has 1 aromatic heterocycles. The van der Waals surface area contributed by atoms with E-state index in [2.05, 4.69) is 20.4 Å². The minimum absolute atomic E-state index is 0.0354. The number of benzene rings is 1. The van der Waals surface area contributed by atoms with E-state index < -0.39 is 0 Å². The lowest BCUT2D eigenvalue weighted by Crippen LogP contribution is -2.54. The number of hydrogen-bond acceptors (Lipinski definition) is 5. The first-order chi connectivity index (χ1) is 13.1. The Morgan fingerprint density at radius 1 is 1.37 bits per heavy atom. The van der Waals surface area contributed by atoms with E-state index in [1.165, 1.54) is 0 Å². The lowest BCUT2D eigenvalue weighted by molar-refractivity contribution is -0.131. The van der Waals surface area contributed by atoms with Crippen molar-refractivity contribution in [3.05, 3.63) is 36.2 Å². The monoisotopic (exact) mass is 371 g/mol. The van der Waals surface area contributed by atoms with Crippen LogP contribution in [0.25, 0.3) is 11.1 Å². The Hall–Kier alpha value is -2.38. The summed E-state index contributed by atoms with van der Waals surface area (Å²) >= 11 is 0. The summed E-state index contributed by atoms with van der Waals surface area (Å²) in [5.41, 5.74) is 3.15. The first-order valence-corrected chi connectivity index (χ1v) is 9.47. The van der Waals surface area contributed by atoms with E-state index in [0.29, 0.717) is 13.2 Å². The highest BCUT2D eigenvalue weighted by atomic mass is 16.5. The Bertz CT molecular complexity index is 752. The Kier molecular flexibility index (Phi) is 6.47. The molecular formula is C20H29N5O2. The average molecular weight is 371 g/mol. The van der Waals surface area contributed by atoms with Crippen molar-refractivity contribution in [3.63, 3.8) is 0 Å². The van der Waals surface area contributed by atoms with Gasteiger partial charge in [0.25, 0.3) is 5.91 Å². The number of H-pyrrole nitrogens is 1. The lowest BCUT2D eigenvalue weighted by Gasteiger charge is -2.31. The molecule has 1 atom stereocenters. The average Bonchev–Trinajstić information content (AvgIpc) is 3.31. The molecule has 1 unspecified atom stereocenters. The number of rotatable bonds is 8. The van der Waals surface area contributed by atoms with Gasteiger partial charge in [-0.15, -0.1) is 0 Å². The molecule has 7 nitrogen and oxygen atoms in total. The van der Waals surface area contributed by atoms with E-state index in [9.17, 15) is 4.79 Å². The molecule has 2 heterocycles. The molecule has 146 valence electrons. The molecule has 2 N–H and O–H groups in total. The number of nitrogens with zero attached hydrogens (tertiary/aromatic N) is 3. The molecule has 2 aromatic rings. The molecule has 1 aliphatic rings. The van der Waals surface area contributed by atoms with Crippen LogP contribution in [0.5, 0.6) is 5.75 Å². The maximum Gasteiger partial charge on any atom is 0.252 e. The Labute approximate surface area is 160 Å². The molecule has 0 bridgehead atoms. The van der Waals surface area contributed by atoms with Crippen molar-refractivity contribution in [2.24, 2.45) is 0 Å². The summed E-state index contributed by atoms with van der Waals surface area (Å²) in [6.45, 7) is 4.86. The van der Waals surface area contributed by atoms with Gasteiger partial charge in [0, 0.05) is 24.3 Å². The van der Waals surface area contributed by atoms with E-state index in [1.54, 1.807) is 0 Å². The number of carbonyl (C=O) groups excluding carboxylic acids is 1. The van der Waals surface area contributed by atoms with Crippen molar-refractivity contribution in [2.75, 3.05) is 40.3 Å². The minimum Gasteiger partial charge on any atom is -0.492 e. The van der Waals surface area contributed by atoms with Crippen LogP contribution < -0.4 is 10.1 Å². The fraction of sp³-hybridized carbons (Fsp3) is 0.500. The number of likely N-dealkylation sites (tertiary alicyclic amines) is 1. The van der Waals surface area contributed by atoms with Gasteiger partial charge >= 0.3 is 0 Å². The molecule has 1 saturated heterocycles. The SMILES string of the molecule is Cc1[nH]ncc1-c1cccc(OCCNC(=O)C(N(C)C)N2CCCC2)c1. The third kappa shape index (κ3) is 4.87. The minimum atomic E-state index is -0.208. The van der Waals surface area contributed by atoms with Crippen LogP contribution in [0.4, 0.5) is 0 Å². The Morgan fingerprint density at radius 2 is 2.15 bits per heavy atom. The topological polar surface area (TPSA) is 73.5 Å². The zero-order valence-corrected chi connectivity index (χ0v) is 16.4. The maximum absolute atomic E-state index is 12.6. The van der Waals surface area contributed by atoms with Gasteiger partial charge in [0.2, 0.25) is 0 Å². The molecule has 3 rings (SSSR count). The van der Waals surface area contributed by atoms with Crippen molar-refractivity contribution < 1.29 is 9.53 Å². The highest BCUT2D eigenvalue weighted by molar-refractivity contribution is 5.81. The molecule has 1 fully saturated rings. The highest BCUT2D eigenvalue weighted by Gasteiger charge is 2.29. The van der Waals surface area contributed by atoms with Gasteiger partial charge in [0.15, 0.2) is 0 Å². The van der Waals surface area contributed by atoms with Gasteiger partial charge in [0.1, 0.15) is 18.5 Å². The van der Waals surface area contributed by atoms with Crippen molar-refractivity contribution in [3.8, 4) is 16.9 Å². The standard InChI is InChI=1S/C20H29N5O2/c1-15-18(14-22-23-15)16-7-6-8-17(13-16)27-12-9-21-19(26)20(24(2)3)25-10-4-5-11-25/h6-8,13-14,20H,4-5,9-12H2,1-3H3,(H,21,26)(H,22,23). The lowest BCUT2D eigenvalue weighted by atomic mass is 10.1. The van der Waals surface area contributed by atoms with Crippen LogP contribution in [0.2, 0.25) is 0 Å². The van der Waals surface area contributed by atoms with Gasteiger partial charge in [-0.1, -0.05) is 12.1 Å². The normalized spacial score (nSPS) is 15.9. The molecule has 0 aliphatic carbocycles. The quantitative estimate of drug-likeness (QED) is 0.693. The van der Waals surface area contributed by atoms with Crippen LogP contribution in [0.1, 0.15) is 18.5 Å². The number of ether oxygens (including phenoxy) is 1. The van der Waals surface area contributed by atoms with E-state index >= 15 is 0 Å². The van der Waals surface area contributed by atoms with Crippen LogP contribution >= 0.6 is 0 Å². The molecule has 1 aromatic carbocycles. The molecule has 1 aliphatic heterocycles. The number of nitrogens with one attached hydrogen (secondary N) is 2. The first kappa shape index (κ1) is 19.4. The predicted octanol–water partition coefficient (Wildman–Crippen LogP) is 1.86. The molecular weight excluding hydrogens is 342 g/mol. The van der Waals surface area contributed by atoms with Gasteiger partial charge in [-0.25, -0.2) is 0 Å². The summed E-state index contributed by atoms with van der Waals surface area (Å²) in [5.74, 6) is 0.819. The van der Waals surface area contributed by atoms with E-state index in [-0.39, 0.29) is 12.1 Å². The summed E-state index contributed by atoms with van der Waals surface area (Å²) in [6, 6.07) is 7.91. The maximum atomic E-state index is 12.6. The number of likely N-dealkylation sites (N-methyl/N-ethyl adjacent to an activating group) is 1. The number of aromatic nitrogens is 2. The molecule has 0 radical (unpaired) electrons. The molecule has 0 saturated carbocycles. The number of amides is 1. The summed E-state index contributed by atoms with van der Waals surface area (Å²) in [4.78, 5) is 16.8. The van der Waals surface area contributed by atoms with Crippen molar-refractivity contribution in [2.45, 2.75) is 25.9 Å². The van der Waals surface area contributed by atoms with Crippen LogP contribution in [0.15, 0.2) is 30.5 Å². The summed E-state index contributed by atoms with van der Waals surface area (Å²) in [5, 5.41) is 10.0. The van der Waals surface area contributed by atoms with Gasteiger partial charge in [-0.3, -0.25) is 19.7 Å². The fourth-order valence-electron chi connectivity index (χ4n) is 3.54. The predicted molar refractivity (Wildman–Crippen MR) is 106 cm³/mol. The zero-order chi connectivity index (χ0) is 19.2. The summed E-state index contributed by atoms with van der Waals surface area (Å²) < 4.78 is 5.83. The third-order valence-electron chi connectivity index (χ3n) is 4.86. The van der Waals surface area contributed by atoms with Crippen molar-refractivity contribution in [1.82, 2.24) is 25.3 Å². The summed E-state index contributed by atoms with van der Waals surface area (Å²) in [7, 11) is 3.89. The van der Waals surface area contributed by atoms with E-state index in [0.717, 1.165) is 48.5 Å². The van der Waals surface area contributed by atoms with Crippen LogP contribution in [0.3, 0.4) is 0 Å². The van der Waals surface area contributed by atoms with Gasteiger partial charge in [0.05, 0.1) is 12.7 Å². The summed E-state index contributed by atoms with van der Waals surface area (Å²) in [6.07, 6.45) is 3.93. The second-order valence-corrected chi connectivity index (χ2v) is 7.16. The van der Waals surface area contributed by atoms with Crippen LogP contribution in [-0.2, 0) is 4.79 Å². The molecule has 7 heteroatoms. The first-order valence-electron chi connectivity index (χ1n) is 9.47. The third-order valence-corrected chi connectivity index (χ3v) is 4.86. The largest absolute Gasteiger partial charge is 0.492 e. The Balaban J connectivity index is 1.50. The van der Waals surface area contributed by atoms with Gasteiger partial charge < -0.3 is 10.1 Å². The van der Waals surface area contributed by atoms with Crippen LogP contribution in [-0.4, -0.2) is 72.4 Å². The van der Waals surface area contributed by atoms with E-state index in [4.69, 9.17) is 4.74 Å². The van der Waals surface area contributed by atoms with Crippen molar-refractivity contribution >= 4 is 5.91 Å². The highest BCUT2D eigenvalue weighted by Crippen LogP contribution is 2.25.